The first-order chi connectivity index (χ1) is 5.83. The fourth-order valence-corrected chi connectivity index (χ4v) is 2.22. The molecule has 2 aromatic rings. The zero-order chi connectivity index (χ0) is 8.55. The van der Waals surface area contributed by atoms with Crippen LogP contribution < -0.4 is 0 Å². The van der Waals surface area contributed by atoms with Gasteiger partial charge in [-0.3, -0.25) is 0 Å². The molecule has 0 atom stereocenters. The van der Waals surface area contributed by atoms with E-state index in [0.717, 1.165) is 10.1 Å². The van der Waals surface area contributed by atoms with E-state index in [4.69, 9.17) is 16.9 Å². The van der Waals surface area contributed by atoms with Crippen LogP contribution in [0.3, 0.4) is 0 Å². The molecule has 0 bridgehead atoms. The number of hydrogen-bond acceptors (Lipinski definition) is 2. The quantitative estimate of drug-likeness (QED) is 0.629. The van der Waals surface area contributed by atoms with E-state index in [1.165, 1.54) is 0 Å². The fraction of sp³-hybridized carbons (Fsp3) is 0. The highest BCUT2D eigenvalue weighted by Crippen LogP contribution is 2.30. The van der Waals surface area contributed by atoms with E-state index >= 15 is 0 Å². The van der Waals surface area contributed by atoms with Gasteiger partial charge in [-0.15, -0.1) is 11.3 Å². The number of benzene rings is 1. The molecule has 0 aliphatic heterocycles. The molecule has 0 saturated carbocycles. The van der Waals surface area contributed by atoms with Crippen molar-refractivity contribution in [2.24, 2.45) is 0 Å². The van der Waals surface area contributed by atoms with Crippen molar-refractivity contribution in [1.82, 2.24) is 0 Å². The highest BCUT2D eigenvalue weighted by atomic mass is 35.5. The first-order valence-corrected chi connectivity index (χ1v) is 4.64. The number of thiophene rings is 1. The molecule has 12 heavy (non-hydrogen) atoms. The van der Waals surface area contributed by atoms with Crippen LogP contribution in [0.2, 0.25) is 5.02 Å². The topological polar surface area (TPSA) is 23.8 Å². The van der Waals surface area contributed by atoms with Crippen molar-refractivity contribution >= 4 is 33.0 Å². The summed E-state index contributed by atoms with van der Waals surface area (Å²) in [6, 6.07) is 7.66. The Morgan fingerprint density at radius 1 is 1.33 bits per heavy atom. The molecule has 58 valence electrons. The zero-order valence-corrected chi connectivity index (χ0v) is 7.62. The minimum absolute atomic E-state index is 0.544. The molecule has 3 heteroatoms. The number of nitriles is 1. The molecule has 1 aromatic heterocycles. The van der Waals surface area contributed by atoms with E-state index in [-0.39, 0.29) is 0 Å². The van der Waals surface area contributed by atoms with Gasteiger partial charge in [0, 0.05) is 10.1 Å². The zero-order valence-electron chi connectivity index (χ0n) is 6.04. The molecular formula is C9H4ClNS. The van der Waals surface area contributed by atoms with Crippen molar-refractivity contribution in [3.63, 3.8) is 0 Å². The molecule has 1 heterocycles. The predicted molar refractivity (Wildman–Crippen MR) is 51.6 cm³/mol. The summed E-state index contributed by atoms with van der Waals surface area (Å²) in [5, 5.41) is 12.2. The maximum absolute atomic E-state index is 8.68. The number of fused-ring (bicyclic) bond motifs is 1. The van der Waals surface area contributed by atoms with Crippen molar-refractivity contribution in [3.05, 3.63) is 34.2 Å². The van der Waals surface area contributed by atoms with Crippen LogP contribution in [0.4, 0.5) is 0 Å². The van der Waals surface area contributed by atoms with Crippen LogP contribution in [0.25, 0.3) is 10.1 Å². The smallest absolute Gasteiger partial charge is 0.101 e. The van der Waals surface area contributed by atoms with Gasteiger partial charge in [-0.25, -0.2) is 0 Å². The highest BCUT2D eigenvalue weighted by molar-refractivity contribution is 7.17. The summed E-state index contributed by atoms with van der Waals surface area (Å²) in [5.41, 5.74) is 0.544. The van der Waals surface area contributed by atoms with E-state index in [1.54, 1.807) is 17.4 Å². The van der Waals surface area contributed by atoms with E-state index in [0.29, 0.717) is 10.6 Å². The number of halogens is 1. The minimum atomic E-state index is 0.544. The molecule has 0 saturated heterocycles. The van der Waals surface area contributed by atoms with E-state index in [1.807, 2.05) is 23.6 Å². The molecule has 0 spiro atoms. The summed E-state index contributed by atoms with van der Waals surface area (Å²) < 4.78 is 1.12. The van der Waals surface area contributed by atoms with Gasteiger partial charge >= 0.3 is 0 Å². The second-order valence-electron chi connectivity index (χ2n) is 2.37. The summed E-state index contributed by atoms with van der Waals surface area (Å²) in [5.74, 6) is 0. The van der Waals surface area contributed by atoms with Crippen LogP contribution >= 0.6 is 22.9 Å². The molecule has 0 fully saturated rings. The van der Waals surface area contributed by atoms with E-state index in [2.05, 4.69) is 0 Å². The first-order valence-electron chi connectivity index (χ1n) is 3.39. The molecule has 2 rings (SSSR count). The molecule has 0 radical (unpaired) electrons. The van der Waals surface area contributed by atoms with Gasteiger partial charge in [0.25, 0.3) is 0 Å². The van der Waals surface area contributed by atoms with Crippen LogP contribution in [-0.2, 0) is 0 Å². The van der Waals surface area contributed by atoms with Crippen LogP contribution in [0.15, 0.2) is 23.6 Å². The van der Waals surface area contributed by atoms with Gasteiger partial charge in [-0.1, -0.05) is 11.6 Å². The summed E-state index contributed by atoms with van der Waals surface area (Å²) in [6.45, 7) is 0. The third kappa shape index (κ3) is 0.989. The average Bonchev–Trinajstić information content (AvgIpc) is 2.53. The average molecular weight is 194 g/mol. The van der Waals surface area contributed by atoms with Crippen molar-refractivity contribution in [2.45, 2.75) is 0 Å². The minimum Gasteiger partial charge on any atom is -0.192 e. The Balaban J connectivity index is 2.89. The first kappa shape index (κ1) is 7.60. The number of rotatable bonds is 0. The molecule has 0 unspecified atom stereocenters. The summed E-state index contributed by atoms with van der Waals surface area (Å²) in [4.78, 5) is 0. The number of nitrogens with zero attached hydrogens (tertiary/aromatic N) is 1. The Bertz CT molecular complexity index is 467. The van der Waals surface area contributed by atoms with Gasteiger partial charge in [0.15, 0.2) is 0 Å². The lowest BCUT2D eigenvalue weighted by atomic mass is 10.2. The van der Waals surface area contributed by atoms with Crippen LogP contribution in [0, 0.1) is 11.3 Å². The second-order valence-corrected chi connectivity index (χ2v) is 3.70. The summed E-state index contributed by atoms with van der Waals surface area (Å²) in [7, 11) is 0. The Kier molecular flexibility index (Phi) is 1.76. The van der Waals surface area contributed by atoms with Gasteiger partial charge in [0.1, 0.15) is 6.07 Å². The van der Waals surface area contributed by atoms with Gasteiger partial charge in [0.2, 0.25) is 0 Å². The van der Waals surface area contributed by atoms with Crippen molar-refractivity contribution in [2.75, 3.05) is 0 Å². The Labute approximate surface area is 78.8 Å². The lowest BCUT2D eigenvalue weighted by molar-refractivity contribution is 1.50. The SMILES string of the molecule is N#Cc1ccc2sccc2c1Cl. The molecule has 1 nitrogen and oxygen atoms in total. The molecule has 0 N–H and O–H groups in total. The highest BCUT2D eigenvalue weighted by Gasteiger charge is 2.04. The van der Waals surface area contributed by atoms with Gasteiger partial charge in [0.05, 0.1) is 10.6 Å². The van der Waals surface area contributed by atoms with E-state index < -0.39 is 0 Å². The van der Waals surface area contributed by atoms with Gasteiger partial charge in [-0.2, -0.15) is 5.26 Å². The van der Waals surface area contributed by atoms with Crippen LogP contribution in [0.5, 0.6) is 0 Å². The maximum atomic E-state index is 8.68. The number of hydrogen-bond donors (Lipinski definition) is 0. The molecule has 0 aliphatic carbocycles. The Morgan fingerprint density at radius 2 is 2.17 bits per heavy atom. The van der Waals surface area contributed by atoms with Crippen molar-refractivity contribution in [3.8, 4) is 6.07 Å². The lowest BCUT2D eigenvalue weighted by Crippen LogP contribution is -1.75. The maximum Gasteiger partial charge on any atom is 0.101 e. The van der Waals surface area contributed by atoms with Crippen molar-refractivity contribution < 1.29 is 0 Å². The van der Waals surface area contributed by atoms with Gasteiger partial charge < -0.3 is 0 Å². The molecule has 0 amide bonds. The molecular weight excluding hydrogens is 190 g/mol. The van der Waals surface area contributed by atoms with Crippen molar-refractivity contribution in [1.29, 1.82) is 5.26 Å². The van der Waals surface area contributed by atoms with Gasteiger partial charge in [-0.05, 0) is 23.6 Å². The van der Waals surface area contributed by atoms with Crippen LogP contribution in [0.1, 0.15) is 5.56 Å². The lowest BCUT2D eigenvalue weighted by Gasteiger charge is -1.94. The van der Waals surface area contributed by atoms with E-state index in [9.17, 15) is 0 Å². The predicted octanol–water partition coefficient (Wildman–Crippen LogP) is 3.43. The third-order valence-electron chi connectivity index (χ3n) is 1.69. The Hall–Kier alpha value is -1.04. The summed E-state index contributed by atoms with van der Waals surface area (Å²) in [6.07, 6.45) is 0. The monoisotopic (exact) mass is 193 g/mol. The normalized spacial score (nSPS) is 10.0. The molecule has 1 aromatic carbocycles. The fourth-order valence-electron chi connectivity index (χ4n) is 1.09. The Morgan fingerprint density at radius 3 is 2.92 bits per heavy atom. The third-order valence-corrected chi connectivity index (χ3v) is 2.98. The largest absolute Gasteiger partial charge is 0.192 e. The second kappa shape index (κ2) is 2.78. The standard InChI is InChI=1S/C9H4ClNS/c10-9-6(5-11)1-2-8-7(9)3-4-12-8/h1-4H. The molecule has 0 aliphatic rings. The summed E-state index contributed by atoms with van der Waals surface area (Å²) >= 11 is 7.59. The van der Waals surface area contributed by atoms with Crippen LogP contribution in [-0.4, -0.2) is 0 Å².